The monoisotopic (exact) mass is 151 g/mol. The Morgan fingerprint density at radius 2 is 2.36 bits per heavy atom. The van der Waals surface area contributed by atoms with Crippen molar-refractivity contribution >= 4 is 0 Å². The Kier molecular flexibility index (Phi) is 1.99. The van der Waals surface area contributed by atoms with Gasteiger partial charge >= 0.3 is 0 Å². The predicted molar refractivity (Wildman–Crippen MR) is 47.6 cm³/mol. The van der Waals surface area contributed by atoms with E-state index in [0.29, 0.717) is 0 Å². The van der Waals surface area contributed by atoms with Gasteiger partial charge in [-0.3, -0.25) is 4.90 Å². The van der Waals surface area contributed by atoms with Gasteiger partial charge in [0.15, 0.2) is 0 Å². The van der Waals surface area contributed by atoms with E-state index in [0.717, 1.165) is 6.04 Å². The van der Waals surface area contributed by atoms with Crippen molar-refractivity contribution in [2.45, 2.75) is 38.6 Å². The second-order valence-electron chi connectivity index (χ2n) is 3.90. The fourth-order valence-electron chi connectivity index (χ4n) is 2.26. The molecule has 0 radical (unpaired) electrons. The summed E-state index contributed by atoms with van der Waals surface area (Å²) in [6.45, 7) is 4.83. The third-order valence-electron chi connectivity index (χ3n) is 2.98. The summed E-state index contributed by atoms with van der Waals surface area (Å²) < 4.78 is 0. The van der Waals surface area contributed by atoms with E-state index < -0.39 is 0 Å². The summed E-state index contributed by atoms with van der Waals surface area (Å²) >= 11 is 0. The van der Waals surface area contributed by atoms with Crippen molar-refractivity contribution in [1.29, 1.82) is 0 Å². The van der Waals surface area contributed by atoms with Crippen LogP contribution in [0.4, 0.5) is 0 Å². The van der Waals surface area contributed by atoms with E-state index in [1.807, 2.05) is 0 Å². The van der Waals surface area contributed by atoms with Gasteiger partial charge in [0, 0.05) is 12.6 Å². The van der Waals surface area contributed by atoms with E-state index in [1.165, 1.54) is 38.8 Å². The van der Waals surface area contributed by atoms with Crippen LogP contribution in [0, 0.1) is 0 Å². The van der Waals surface area contributed by atoms with Crippen LogP contribution in [0.5, 0.6) is 0 Å². The van der Waals surface area contributed by atoms with E-state index in [1.54, 1.807) is 5.57 Å². The molecule has 0 aromatic heterocycles. The standard InChI is InChI=1S/C10H17N/c1-9-5-7-11-6-3-2-4-10(11)8-9/h5,10H,2-4,6-8H2,1H3. The number of nitrogens with zero attached hydrogens (tertiary/aromatic N) is 1. The van der Waals surface area contributed by atoms with E-state index in [9.17, 15) is 0 Å². The van der Waals surface area contributed by atoms with Gasteiger partial charge in [0.25, 0.3) is 0 Å². The Morgan fingerprint density at radius 3 is 3.27 bits per heavy atom. The molecule has 2 aliphatic rings. The van der Waals surface area contributed by atoms with Crippen LogP contribution in [0.2, 0.25) is 0 Å². The van der Waals surface area contributed by atoms with Gasteiger partial charge in [-0.05, 0) is 32.7 Å². The van der Waals surface area contributed by atoms with Crippen molar-refractivity contribution in [1.82, 2.24) is 4.90 Å². The second-order valence-corrected chi connectivity index (χ2v) is 3.90. The van der Waals surface area contributed by atoms with E-state index in [4.69, 9.17) is 0 Å². The van der Waals surface area contributed by atoms with Crippen molar-refractivity contribution in [2.24, 2.45) is 0 Å². The van der Waals surface area contributed by atoms with Gasteiger partial charge in [-0.15, -0.1) is 0 Å². The van der Waals surface area contributed by atoms with Crippen LogP contribution in [0.1, 0.15) is 32.6 Å². The first kappa shape index (κ1) is 7.35. The minimum atomic E-state index is 0.897. The largest absolute Gasteiger partial charge is 0.296 e. The van der Waals surface area contributed by atoms with Gasteiger partial charge in [0.2, 0.25) is 0 Å². The zero-order valence-corrected chi connectivity index (χ0v) is 7.34. The molecule has 11 heavy (non-hydrogen) atoms. The third kappa shape index (κ3) is 1.48. The second kappa shape index (κ2) is 2.98. The highest BCUT2D eigenvalue weighted by molar-refractivity contribution is 5.07. The topological polar surface area (TPSA) is 3.24 Å². The van der Waals surface area contributed by atoms with Crippen LogP contribution < -0.4 is 0 Å². The smallest absolute Gasteiger partial charge is 0.0168 e. The van der Waals surface area contributed by atoms with Crippen LogP contribution in [0.3, 0.4) is 0 Å². The van der Waals surface area contributed by atoms with Crippen molar-refractivity contribution in [2.75, 3.05) is 13.1 Å². The van der Waals surface area contributed by atoms with Crippen molar-refractivity contribution < 1.29 is 0 Å². The molecule has 1 atom stereocenters. The molecule has 0 spiro atoms. The Labute approximate surface area is 69.1 Å². The maximum Gasteiger partial charge on any atom is 0.0168 e. The summed E-state index contributed by atoms with van der Waals surface area (Å²) in [5, 5.41) is 0. The van der Waals surface area contributed by atoms with Crippen molar-refractivity contribution in [3.05, 3.63) is 11.6 Å². The lowest BCUT2D eigenvalue weighted by molar-refractivity contribution is 0.155. The van der Waals surface area contributed by atoms with E-state index in [-0.39, 0.29) is 0 Å². The maximum absolute atomic E-state index is 2.64. The Morgan fingerprint density at radius 1 is 1.45 bits per heavy atom. The zero-order valence-electron chi connectivity index (χ0n) is 7.34. The van der Waals surface area contributed by atoms with E-state index in [2.05, 4.69) is 17.9 Å². The lowest BCUT2D eigenvalue weighted by atomic mass is 9.93. The number of hydrogen-bond donors (Lipinski definition) is 0. The average Bonchev–Trinajstić information content (AvgIpc) is 2.04. The van der Waals surface area contributed by atoms with Gasteiger partial charge in [0.05, 0.1) is 0 Å². The van der Waals surface area contributed by atoms with Gasteiger partial charge in [-0.25, -0.2) is 0 Å². The fourth-order valence-corrected chi connectivity index (χ4v) is 2.26. The lowest BCUT2D eigenvalue weighted by Gasteiger charge is -2.38. The molecule has 0 N–H and O–H groups in total. The quantitative estimate of drug-likeness (QED) is 0.480. The predicted octanol–water partition coefficient (Wildman–Crippen LogP) is 2.19. The molecule has 0 amide bonds. The molecular formula is C10H17N. The molecule has 2 heterocycles. The molecule has 1 heteroatoms. The minimum Gasteiger partial charge on any atom is -0.296 e. The van der Waals surface area contributed by atoms with E-state index >= 15 is 0 Å². The van der Waals surface area contributed by atoms with Crippen LogP contribution in [0.25, 0.3) is 0 Å². The number of hydrogen-bond acceptors (Lipinski definition) is 1. The number of fused-ring (bicyclic) bond motifs is 1. The molecule has 1 nitrogen and oxygen atoms in total. The maximum atomic E-state index is 2.64. The van der Waals surface area contributed by atoms with Crippen LogP contribution in [0.15, 0.2) is 11.6 Å². The highest BCUT2D eigenvalue weighted by atomic mass is 15.2. The number of piperidine rings is 1. The van der Waals surface area contributed by atoms with Crippen LogP contribution >= 0.6 is 0 Å². The van der Waals surface area contributed by atoms with Crippen LogP contribution in [-0.2, 0) is 0 Å². The molecular weight excluding hydrogens is 134 g/mol. The fraction of sp³-hybridized carbons (Fsp3) is 0.800. The summed E-state index contributed by atoms with van der Waals surface area (Å²) in [4.78, 5) is 2.64. The highest BCUT2D eigenvalue weighted by Gasteiger charge is 2.23. The lowest BCUT2D eigenvalue weighted by Crippen LogP contribution is -2.41. The zero-order chi connectivity index (χ0) is 7.68. The molecule has 0 aromatic carbocycles. The molecule has 62 valence electrons. The van der Waals surface area contributed by atoms with Gasteiger partial charge in [0.1, 0.15) is 0 Å². The molecule has 1 fully saturated rings. The Balaban J connectivity index is 2.04. The van der Waals surface area contributed by atoms with Gasteiger partial charge in [-0.2, -0.15) is 0 Å². The first-order valence-corrected chi connectivity index (χ1v) is 4.76. The first-order chi connectivity index (χ1) is 5.36. The van der Waals surface area contributed by atoms with Crippen LogP contribution in [-0.4, -0.2) is 24.0 Å². The summed E-state index contributed by atoms with van der Waals surface area (Å²) in [5.74, 6) is 0. The molecule has 2 rings (SSSR count). The molecule has 2 aliphatic heterocycles. The molecule has 0 aromatic rings. The van der Waals surface area contributed by atoms with Gasteiger partial charge < -0.3 is 0 Å². The summed E-state index contributed by atoms with van der Waals surface area (Å²) in [6, 6.07) is 0.897. The van der Waals surface area contributed by atoms with Crippen molar-refractivity contribution in [3.63, 3.8) is 0 Å². The SMILES string of the molecule is CC1=CCN2CCCCC2C1. The average molecular weight is 151 g/mol. The van der Waals surface area contributed by atoms with Crippen molar-refractivity contribution in [3.8, 4) is 0 Å². The summed E-state index contributed by atoms with van der Waals surface area (Å²) in [6.07, 6.45) is 8.03. The molecule has 0 bridgehead atoms. The molecule has 0 aliphatic carbocycles. The highest BCUT2D eigenvalue weighted by Crippen LogP contribution is 2.25. The molecule has 0 saturated carbocycles. The minimum absolute atomic E-state index is 0.897. The normalized spacial score (nSPS) is 32.8. The molecule has 1 saturated heterocycles. The first-order valence-electron chi connectivity index (χ1n) is 4.76. The molecule has 1 unspecified atom stereocenters. The summed E-state index contributed by atoms with van der Waals surface area (Å²) in [5.41, 5.74) is 1.60. The Bertz CT molecular complexity index is 172. The van der Waals surface area contributed by atoms with Gasteiger partial charge in [-0.1, -0.05) is 18.1 Å². The third-order valence-corrected chi connectivity index (χ3v) is 2.98. The Hall–Kier alpha value is -0.300. The summed E-state index contributed by atoms with van der Waals surface area (Å²) in [7, 11) is 0. The number of rotatable bonds is 0.